The van der Waals surface area contributed by atoms with E-state index >= 15 is 0 Å². The van der Waals surface area contributed by atoms with Gasteiger partial charge in [-0.05, 0) is 18.6 Å². The molecule has 4 nitrogen and oxygen atoms in total. The molecule has 1 aliphatic heterocycles. The summed E-state index contributed by atoms with van der Waals surface area (Å²) in [4.78, 5) is 4.15. The lowest BCUT2D eigenvalue weighted by Crippen LogP contribution is -2.41. The van der Waals surface area contributed by atoms with Crippen molar-refractivity contribution in [2.75, 3.05) is 5.75 Å². The Labute approximate surface area is 87.7 Å². The first-order chi connectivity index (χ1) is 6.64. The summed E-state index contributed by atoms with van der Waals surface area (Å²) in [7, 11) is 1.83. The molecule has 0 spiro atoms. The fraction of sp³-hybridized carbons (Fsp3) is 0.778. The lowest BCUT2D eigenvalue weighted by Gasteiger charge is -2.36. The summed E-state index contributed by atoms with van der Waals surface area (Å²) >= 11 is 1.80. The maximum absolute atomic E-state index is 10.5. The van der Waals surface area contributed by atoms with Gasteiger partial charge in [-0.1, -0.05) is 6.92 Å². The lowest BCUT2D eigenvalue weighted by atomic mass is 9.93. The van der Waals surface area contributed by atoms with Crippen LogP contribution in [-0.2, 0) is 12.6 Å². The predicted octanol–water partition coefficient (Wildman–Crippen LogP) is 0.918. The highest BCUT2D eigenvalue weighted by Crippen LogP contribution is 2.40. The van der Waals surface area contributed by atoms with Crippen LogP contribution in [0.1, 0.15) is 25.6 Å². The number of aliphatic hydroxyl groups is 1. The smallest absolute Gasteiger partial charge is 0.159 e. The van der Waals surface area contributed by atoms with Crippen molar-refractivity contribution in [3.8, 4) is 0 Å². The third kappa shape index (κ3) is 1.44. The van der Waals surface area contributed by atoms with E-state index in [0.29, 0.717) is 5.82 Å². The first kappa shape index (κ1) is 9.98. The van der Waals surface area contributed by atoms with Gasteiger partial charge < -0.3 is 5.11 Å². The van der Waals surface area contributed by atoms with Crippen LogP contribution in [0.25, 0.3) is 0 Å². The van der Waals surface area contributed by atoms with Crippen molar-refractivity contribution in [2.45, 2.75) is 30.6 Å². The summed E-state index contributed by atoms with van der Waals surface area (Å²) in [5.74, 6) is 1.82. The highest BCUT2D eigenvalue weighted by atomic mass is 32.2. The molecular weight excluding hydrogens is 198 g/mol. The average Bonchev–Trinajstić information content (AvgIpc) is 2.57. The van der Waals surface area contributed by atoms with Gasteiger partial charge in [0.25, 0.3) is 0 Å². The molecule has 1 aromatic heterocycles. The summed E-state index contributed by atoms with van der Waals surface area (Å²) in [6.07, 6.45) is 3.32. The molecule has 1 N–H and O–H groups in total. The van der Waals surface area contributed by atoms with Crippen LogP contribution in [0, 0.1) is 0 Å². The number of nitrogens with zero attached hydrogens (tertiary/aromatic N) is 3. The number of aromatic nitrogens is 3. The number of aryl methyl sites for hydroxylation is 1. The van der Waals surface area contributed by atoms with Gasteiger partial charge >= 0.3 is 0 Å². The van der Waals surface area contributed by atoms with Crippen molar-refractivity contribution >= 4 is 11.8 Å². The van der Waals surface area contributed by atoms with Gasteiger partial charge in [0.2, 0.25) is 0 Å². The third-order valence-electron chi connectivity index (χ3n) is 2.84. The van der Waals surface area contributed by atoms with Gasteiger partial charge in [0.05, 0.1) is 0 Å². The zero-order valence-electron chi connectivity index (χ0n) is 8.47. The second-order valence-electron chi connectivity index (χ2n) is 3.75. The van der Waals surface area contributed by atoms with E-state index in [1.807, 2.05) is 7.05 Å². The fourth-order valence-corrected chi connectivity index (χ4v) is 3.09. The van der Waals surface area contributed by atoms with Gasteiger partial charge in [-0.25, -0.2) is 4.98 Å². The van der Waals surface area contributed by atoms with E-state index in [1.54, 1.807) is 16.4 Å². The highest BCUT2D eigenvalue weighted by Gasteiger charge is 2.41. The predicted molar refractivity (Wildman–Crippen MR) is 56.1 cm³/mol. The minimum Gasteiger partial charge on any atom is -0.381 e. The first-order valence-corrected chi connectivity index (χ1v) is 5.88. The topological polar surface area (TPSA) is 50.9 Å². The van der Waals surface area contributed by atoms with E-state index in [0.717, 1.165) is 18.6 Å². The fourth-order valence-electron chi connectivity index (χ4n) is 1.92. The quantitative estimate of drug-likeness (QED) is 0.753. The molecule has 1 saturated heterocycles. The van der Waals surface area contributed by atoms with Gasteiger partial charge in [0.1, 0.15) is 11.9 Å². The molecule has 2 heterocycles. The van der Waals surface area contributed by atoms with Crippen LogP contribution in [-0.4, -0.2) is 30.9 Å². The summed E-state index contributed by atoms with van der Waals surface area (Å²) in [6, 6.07) is 0. The van der Waals surface area contributed by atoms with Crippen molar-refractivity contribution in [1.82, 2.24) is 14.8 Å². The second kappa shape index (κ2) is 3.55. The lowest BCUT2D eigenvalue weighted by molar-refractivity contribution is 0.0131. The Morgan fingerprint density at radius 1 is 1.71 bits per heavy atom. The number of thioether (sulfide) groups is 1. The summed E-state index contributed by atoms with van der Waals surface area (Å²) < 4.78 is 1.67. The number of hydrogen-bond acceptors (Lipinski definition) is 4. The number of hydrogen-bond donors (Lipinski definition) is 1. The molecule has 78 valence electrons. The molecule has 1 fully saturated rings. The van der Waals surface area contributed by atoms with Crippen molar-refractivity contribution in [1.29, 1.82) is 0 Å². The Morgan fingerprint density at radius 2 is 2.50 bits per heavy atom. The molecule has 2 rings (SSSR count). The molecule has 5 heteroatoms. The largest absolute Gasteiger partial charge is 0.381 e. The van der Waals surface area contributed by atoms with Crippen LogP contribution in [0.5, 0.6) is 0 Å². The molecule has 14 heavy (non-hydrogen) atoms. The Morgan fingerprint density at radius 3 is 3.07 bits per heavy atom. The zero-order valence-corrected chi connectivity index (χ0v) is 9.29. The minimum atomic E-state index is -0.797. The van der Waals surface area contributed by atoms with Crippen LogP contribution in [0.3, 0.4) is 0 Å². The van der Waals surface area contributed by atoms with E-state index in [4.69, 9.17) is 0 Å². The Hall–Kier alpha value is -0.550. The number of rotatable bonds is 1. The van der Waals surface area contributed by atoms with Gasteiger partial charge in [0, 0.05) is 12.3 Å². The molecule has 0 amide bonds. The minimum absolute atomic E-state index is 0.194. The van der Waals surface area contributed by atoms with Gasteiger partial charge in [-0.2, -0.15) is 16.9 Å². The van der Waals surface area contributed by atoms with Crippen LogP contribution in [0.4, 0.5) is 0 Å². The Kier molecular flexibility index (Phi) is 2.53. The van der Waals surface area contributed by atoms with Crippen LogP contribution in [0.2, 0.25) is 0 Å². The normalized spacial score (nSPS) is 33.2. The van der Waals surface area contributed by atoms with Crippen LogP contribution >= 0.6 is 11.8 Å². The SMILES string of the molecule is CC1SCCCC1(O)c1ncnn1C. The van der Waals surface area contributed by atoms with Crippen molar-refractivity contribution in [3.63, 3.8) is 0 Å². The summed E-state index contributed by atoms with van der Waals surface area (Å²) in [5, 5.41) is 14.7. The van der Waals surface area contributed by atoms with Crippen LogP contribution < -0.4 is 0 Å². The van der Waals surface area contributed by atoms with E-state index in [2.05, 4.69) is 17.0 Å². The molecule has 1 aliphatic rings. The van der Waals surface area contributed by atoms with Gasteiger partial charge in [-0.3, -0.25) is 4.68 Å². The molecule has 0 aromatic carbocycles. The van der Waals surface area contributed by atoms with E-state index < -0.39 is 5.60 Å². The molecule has 0 aliphatic carbocycles. The Bertz CT molecular complexity index is 328. The molecule has 2 atom stereocenters. The van der Waals surface area contributed by atoms with Crippen molar-refractivity contribution in [3.05, 3.63) is 12.2 Å². The van der Waals surface area contributed by atoms with E-state index in [1.165, 1.54) is 6.33 Å². The van der Waals surface area contributed by atoms with Crippen molar-refractivity contribution < 1.29 is 5.11 Å². The highest BCUT2D eigenvalue weighted by molar-refractivity contribution is 8.00. The average molecular weight is 213 g/mol. The molecule has 0 radical (unpaired) electrons. The second-order valence-corrected chi connectivity index (χ2v) is 5.20. The van der Waals surface area contributed by atoms with E-state index in [9.17, 15) is 5.11 Å². The van der Waals surface area contributed by atoms with E-state index in [-0.39, 0.29) is 5.25 Å². The monoisotopic (exact) mass is 213 g/mol. The van der Waals surface area contributed by atoms with Gasteiger partial charge in [0.15, 0.2) is 5.82 Å². The third-order valence-corrected chi connectivity index (χ3v) is 4.26. The molecule has 0 saturated carbocycles. The summed E-state index contributed by atoms with van der Waals surface area (Å²) in [5.41, 5.74) is -0.797. The standard InChI is InChI=1S/C9H15N3OS/c1-7-9(13,4-3-5-14-7)8-10-6-11-12(8)2/h6-7,13H,3-5H2,1-2H3. The van der Waals surface area contributed by atoms with Crippen LogP contribution in [0.15, 0.2) is 6.33 Å². The first-order valence-electron chi connectivity index (χ1n) is 4.83. The zero-order chi connectivity index (χ0) is 10.2. The maximum atomic E-state index is 10.5. The van der Waals surface area contributed by atoms with Crippen molar-refractivity contribution in [2.24, 2.45) is 7.05 Å². The molecular formula is C9H15N3OS. The Balaban J connectivity index is 2.34. The van der Waals surface area contributed by atoms with Gasteiger partial charge in [-0.15, -0.1) is 0 Å². The molecule has 1 aromatic rings. The molecule has 0 bridgehead atoms. The summed E-state index contributed by atoms with van der Waals surface area (Å²) in [6.45, 7) is 2.05. The maximum Gasteiger partial charge on any atom is 0.159 e. The molecule has 2 unspecified atom stereocenters.